The zero-order valence-electron chi connectivity index (χ0n) is 10.1. The van der Waals surface area contributed by atoms with Crippen molar-refractivity contribution in [1.82, 2.24) is 5.32 Å². The van der Waals surface area contributed by atoms with Gasteiger partial charge in [0.15, 0.2) is 0 Å². The highest BCUT2D eigenvalue weighted by Gasteiger charge is 1.96. The first-order valence-electron chi connectivity index (χ1n) is 6.06. The molecule has 0 aliphatic rings. The predicted octanol–water partition coefficient (Wildman–Crippen LogP) is 2.97. The van der Waals surface area contributed by atoms with Crippen LogP contribution in [0.4, 0.5) is 0 Å². The molecule has 0 spiro atoms. The van der Waals surface area contributed by atoms with E-state index in [1.54, 1.807) is 0 Å². The number of hydrogen-bond acceptors (Lipinski definition) is 2. The van der Waals surface area contributed by atoms with E-state index in [-0.39, 0.29) is 0 Å². The standard InChI is InChI=1S/C12H27NO/c1-4-5-6-7-8-9-10-14-11-12(2)13-3/h12-13H,4-11H2,1-3H3. The highest BCUT2D eigenvalue weighted by molar-refractivity contribution is 4.53. The Hall–Kier alpha value is -0.0800. The number of unbranched alkanes of at least 4 members (excludes halogenated alkanes) is 5. The molecule has 0 aliphatic carbocycles. The highest BCUT2D eigenvalue weighted by atomic mass is 16.5. The molecule has 0 aliphatic heterocycles. The molecule has 0 rings (SSSR count). The zero-order valence-corrected chi connectivity index (χ0v) is 10.1. The van der Waals surface area contributed by atoms with E-state index in [2.05, 4.69) is 19.2 Å². The second-order valence-corrected chi connectivity index (χ2v) is 4.03. The van der Waals surface area contributed by atoms with Gasteiger partial charge in [-0.25, -0.2) is 0 Å². The van der Waals surface area contributed by atoms with E-state index in [4.69, 9.17) is 4.74 Å². The van der Waals surface area contributed by atoms with Crippen molar-refractivity contribution in [3.8, 4) is 0 Å². The number of nitrogens with one attached hydrogen (secondary N) is 1. The molecule has 1 unspecified atom stereocenters. The van der Waals surface area contributed by atoms with Crippen LogP contribution in [0.1, 0.15) is 52.4 Å². The summed E-state index contributed by atoms with van der Waals surface area (Å²) in [6, 6.07) is 0.482. The summed E-state index contributed by atoms with van der Waals surface area (Å²) in [5.41, 5.74) is 0. The number of hydrogen-bond donors (Lipinski definition) is 1. The quantitative estimate of drug-likeness (QED) is 0.549. The lowest BCUT2D eigenvalue weighted by Crippen LogP contribution is -2.26. The van der Waals surface area contributed by atoms with E-state index >= 15 is 0 Å². The van der Waals surface area contributed by atoms with Crippen LogP contribution >= 0.6 is 0 Å². The van der Waals surface area contributed by atoms with Gasteiger partial charge in [0.25, 0.3) is 0 Å². The zero-order chi connectivity index (χ0) is 10.6. The third kappa shape index (κ3) is 10.0. The average Bonchev–Trinajstić information content (AvgIpc) is 2.21. The predicted molar refractivity (Wildman–Crippen MR) is 62.7 cm³/mol. The minimum Gasteiger partial charge on any atom is -0.380 e. The first-order valence-corrected chi connectivity index (χ1v) is 6.06. The van der Waals surface area contributed by atoms with Crippen LogP contribution in [-0.2, 0) is 4.74 Å². The maximum atomic E-state index is 5.53. The lowest BCUT2D eigenvalue weighted by Gasteiger charge is -2.10. The van der Waals surface area contributed by atoms with Crippen LogP contribution in [0.25, 0.3) is 0 Å². The van der Waals surface area contributed by atoms with Crippen LogP contribution in [0.15, 0.2) is 0 Å². The van der Waals surface area contributed by atoms with Crippen LogP contribution in [0, 0.1) is 0 Å². The molecule has 0 amide bonds. The van der Waals surface area contributed by atoms with Gasteiger partial charge in [0, 0.05) is 12.6 Å². The van der Waals surface area contributed by atoms with Crippen LogP contribution in [0.2, 0.25) is 0 Å². The summed E-state index contributed by atoms with van der Waals surface area (Å²) in [5, 5.41) is 3.16. The topological polar surface area (TPSA) is 21.3 Å². The van der Waals surface area contributed by atoms with Gasteiger partial charge in [0.1, 0.15) is 0 Å². The first-order chi connectivity index (χ1) is 6.81. The van der Waals surface area contributed by atoms with E-state index in [0.29, 0.717) is 6.04 Å². The largest absolute Gasteiger partial charge is 0.380 e. The molecular weight excluding hydrogens is 174 g/mol. The Labute approximate surface area is 89.4 Å². The summed E-state index contributed by atoms with van der Waals surface area (Å²) in [5.74, 6) is 0. The third-order valence-electron chi connectivity index (χ3n) is 2.50. The normalized spacial score (nSPS) is 13.1. The van der Waals surface area contributed by atoms with Gasteiger partial charge in [-0.15, -0.1) is 0 Å². The van der Waals surface area contributed by atoms with Crippen LogP contribution in [0.5, 0.6) is 0 Å². The molecule has 2 heteroatoms. The van der Waals surface area contributed by atoms with Crippen LogP contribution < -0.4 is 5.32 Å². The van der Waals surface area contributed by atoms with Gasteiger partial charge in [-0.3, -0.25) is 0 Å². The molecule has 1 atom stereocenters. The van der Waals surface area contributed by atoms with E-state index in [1.807, 2.05) is 7.05 Å². The van der Waals surface area contributed by atoms with Crippen molar-refractivity contribution in [2.24, 2.45) is 0 Å². The fourth-order valence-electron chi connectivity index (χ4n) is 1.33. The minimum absolute atomic E-state index is 0.482. The van der Waals surface area contributed by atoms with E-state index in [0.717, 1.165) is 13.2 Å². The Kier molecular flexibility index (Phi) is 10.9. The average molecular weight is 201 g/mol. The Morgan fingerprint density at radius 3 is 2.36 bits per heavy atom. The number of rotatable bonds is 10. The highest BCUT2D eigenvalue weighted by Crippen LogP contribution is 2.04. The molecule has 0 aromatic carbocycles. The molecule has 0 aromatic rings. The lowest BCUT2D eigenvalue weighted by molar-refractivity contribution is 0.114. The summed E-state index contributed by atoms with van der Waals surface area (Å²) in [7, 11) is 1.97. The summed E-state index contributed by atoms with van der Waals surface area (Å²) < 4.78 is 5.53. The van der Waals surface area contributed by atoms with Crippen molar-refractivity contribution >= 4 is 0 Å². The molecular formula is C12H27NO. The van der Waals surface area contributed by atoms with Gasteiger partial charge in [-0.1, -0.05) is 39.0 Å². The second-order valence-electron chi connectivity index (χ2n) is 4.03. The molecule has 0 bridgehead atoms. The Morgan fingerprint density at radius 2 is 1.71 bits per heavy atom. The Balaban J connectivity index is 2.92. The van der Waals surface area contributed by atoms with Crippen molar-refractivity contribution in [3.63, 3.8) is 0 Å². The van der Waals surface area contributed by atoms with E-state index in [1.165, 1.54) is 38.5 Å². The van der Waals surface area contributed by atoms with Crippen molar-refractivity contribution in [3.05, 3.63) is 0 Å². The Bertz CT molecular complexity index is 106. The fraction of sp³-hybridized carbons (Fsp3) is 1.00. The van der Waals surface area contributed by atoms with Gasteiger partial charge in [0.2, 0.25) is 0 Å². The monoisotopic (exact) mass is 201 g/mol. The summed E-state index contributed by atoms with van der Waals surface area (Å²) in [6.07, 6.45) is 8.03. The third-order valence-corrected chi connectivity index (χ3v) is 2.50. The molecule has 86 valence electrons. The molecule has 1 N–H and O–H groups in total. The number of likely N-dealkylation sites (N-methyl/N-ethyl adjacent to an activating group) is 1. The molecule has 0 heterocycles. The maximum absolute atomic E-state index is 5.53. The molecule has 0 aromatic heterocycles. The van der Waals surface area contributed by atoms with Crippen molar-refractivity contribution in [2.75, 3.05) is 20.3 Å². The van der Waals surface area contributed by atoms with Gasteiger partial charge in [-0.2, -0.15) is 0 Å². The lowest BCUT2D eigenvalue weighted by atomic mass is 10.1. The molecule has 0 saturated carbocycles. The van der Waals surface area contributed by atoms with E-state index in [9.17, 15) is 0 Å². The summed E-state index contributed by atoms with van der Waals surface area (Å²) in [6.45, 7) is 6.16. The molecule has 0 saturated heterocycles. The van der Waals surface area contributed by atoms with Gasteiger partial charge < -0.3 is 10.1 Å². The Morgan fingerprint density at radius 1 is 1.07 bits per heavy atom. The smallest absolute Gasteiger partial charge is 0.0616 e. The minimum atomic E-state index is 0.482. The second kappa shape index (κ2) is 11.0. The van der Waals surface area contributed by atoms with Crippen molar-refractivity contribution in [1.29, 1.82) is 0 Å². The number of ether oxygens (including phenoxy) is 1. The summed E-state index contributed by atoms with van der Waals surface area (Å²) >= 11 is 0. The molecule has 14 heavy (non-hydrogen) atoms. The van der Waals surface area contributed by atoms with Gasteiger partial charge >= 0.3 is 0 Å². The first kappa shape index (κ1) is 13.9. The summed E-state index contributed by atoms with van der Waals surface area (Å²) in [4.78, 5) is 0. The van der Waals surface area contributed by atoms with Crippen molar-refractivity contribution in [2.45, 2.75) is 58.4 Å². The maximum Gasteiger partial charge on any atom is 0.0616 e. The van der Waals surface area contributed by atoms with Crippen LogP contribution in [0.3, 0.4) is 0 Å². The SMILES string of the molecule is CCCCCCCCOCC(C)NC. The van der Waals surface area contributed by atoms with Gasteiger partial charge in [0.05, 0.1) is 6.61 Å². The van der Waals surface area contributed by atoms with Crippen LogP contribution in [-0.4, -0.2) is 26.3 Å². The molecule has 2 nitrogen and oxygen atoms in total. The fourth-order valence-corrected chi connectivity index (χ4v) is 1.33. The van der Waals surface area contributed by atoms with Gasteiger partial charge in [-0.05, 0) is 20.4 Å². The van der Waals surface area contributed by atoms with E-state index < -0.39 is 0 Å². The molecule has 0 fully saturated rings. The molecule has 0 radical (unpaired) electrons. The van der Waals surface area contributed by atoms with Crippen molar-refractivity contribution < 1.29 is 4.74 Å².